The van der Waals surface area contributed by atoms with Crippen LogP contribution in [0.4, 0.5) is 0 Å². The van der Waals surface area contributed by atoms with Crippen molar-refractivity contribution in [1.29, 1.82) is 0 Å². The molecular formula is C83H136O17P2. The van der Waals surface area contributed by atoms with Gasteiger partial charge in [0.25, 0.3) is 0 Å². The van der Waals surface area contributed by atoms with Crippen LogP contribution in [0, 0.1) is 0 Å². The van der Waals surface area contributed by atoms with Crippen LogP contribution in [0.5, 0.6) is 0 Å². The van der Waals surface area contributed by atoms with Crippen molar-refractivity contribution < 1.29 is 80.2 Å². The fourth-order valence-electron chi connectivity index (χ4n) is 9.66. The zero-order chi connectivity index (χ0) is 74.6. The van der Waals surface area contributed by atoms with Gasteiger partial charge in [0.15, 0.2) is 12.2 Å². The van der Waals surface area contributed by atoms with Crippen molar-refractivity contribution in [3.8, 4) is 0 Å². The van der Waals surface area contributed by atoms with Gasteiger partial charge >= 0.3 is 39.5 Å². The Bertz CT molecular complexity index is 2550. The van der Waals surface area contributed by atoms with Crippen molar-refractivity contribution in [2.75, 3.05) is 39.6 Å². The molecule has 5 atom stereocenters. The SMILES string of the molecule is CC/C=C\C/C=C\C/C=C\C/C=C\CCCCC(=O)OCC(COP(=O)(O)OCC(O)COP(=O)(O)OCC(COC(=O)CCCCCCCCC/C=C\C/C=C\C/C=C\CC)OC(=O)CCCCCCC/C=C\C/C=C\CCCCC)OC(=O)CCCC/C=C\C/C=C\C/C=C\C/C=C\CC. The average Bonchev–Trinajstić information content (AvgIpc) is 0.926. The Kier molecular flexibility index (Phi) is 70.1. The van der Waals surface area contributed by atoms with E-state index in [0.29, 0.717) is 32.1 Å². The third-order valence-electron chi connectivity index (χ3n) is 15.5. The molecule has 0 bridgehead atoms. The van der Waals surface area contributed by atoms with E-state index >= 15 is 0 Å². The topological polar surface area (TPSA) is 237 Å². The van der Waals surface area contributed by atoms with E-state index in [1.54, 1.807) is 0 Å². The van der Waals surface area contributed by atoms with Crippen molar-refractivity contribution in [2.45, 2.75) is 303 Å². The molecule has 19 heteroatoms. The number of aliphatic hydroxyl groups is 1. The molecule has 0 amide bonds. The zero-order valence-electron chi connectivity index (χ0n) is 63.2. The molecule has 0 spiro atoms. The van der Waals surface area contributed by atoms with Gasteiger partial charge in [-0.15, -0.1) is 0 Å². The monoisotopic (exact) mass is 1470 g/mol. The van der Waals surface area contributed by atoms with Gasteiger partial charge in [-0.25, -0.2) is 9.13 Å². The quantitative estimate of drug-likeness (QED) is 0.0169. The minimum absolute atomic E-state index is 0.0279. The summed E-state index contributed by atoms with van der Waals surface area (Å²) in [6, 6.07) is 0. The van der Waals surface area contributed by atoms with Crippen LogP contribution < -0.4 is 0 Å². The molecule has 102 heavy (non-hydrogen) atoms. The van der Waals surface area contributed by atoms with Crippen molar-refractivity contribution in [3.05, 3.63) is 158 Å². The predicted molar refractivity (Wildman–Crippen MR) is 417 cm³/mol. The fraction of sp³-hybridized carbons (Fsp3) is 0.639. The normalized spacial score (nSPS) is 14.8. The largest absolute Gasteiger partial charge is 0.472 e. The van der Waals surface area contributed by atoms with Gasteiger partial charge in [-0.05, 0) is 167 Å². The number of carbonyl (C=O) groups excluding carboxylic acids is 4. The molecule has 0 saturated carbocycles. The Hall–Kier alpha value is -5.32. The van der Waals surface area contributed by atoms with E-state index in [2.05, 4.69) is 186 Å². The molecule has 0 heterocycles. The smallest absolute Gasteiger partial charge is 0.462 e. The number of ether oxygens (including phenoxy) is 4. The van der Waals surface area contributed by atoms with Crippen LogP contribution in [0.25, 0.3) is 0 Å². The van der Waals surface area contributed by atoms with Crippen LogP contribution in [-0.2, 0) is 65.4 Å². The third kappa shape index (κ3) is 73.0. The lowest BCUT2D eigenvalue weighted by Crippen LogP contribution is -2.30. The zero-order valence-corrected chi connectivity index (χ0v) is 65.0. The van der Waals surface area contributed by atoms with E-state index in [1.165, 1.54) is 19.3 Å². The molecule has 0 fully saturated rings. The Labute approximate surface area is 617 Å². The van der Waals surface area contributed by atoms with Gasteiger partial charge < -0.3 is 33.8 Å². The minimum Gasteiger partial charge on any atom is -0.462 e. The molecule has 580 valence electrons. The second-order valence-electron chi connectivity index (χ2n) is 25.1. The van der Waals surface area contributed by atoms with Crippen LogP contribution in [0.15, 0.2) is 158 Å². The average molecular weight is 1470 g/mol. The first-order valence-electron chi connectivity index (χ1n) is 38.7. The lowest BCUT2D eigenvalue weighted by Gasteiger charge is -2.21. The van der Waals surface area contributed by atoms with Gasteiger partial charge in [-0.2, -0.15) is 0 Å². The molecule has 0 aliphatic carbocycles. The summed E-state index contributed by atoms with van der Waals surface area (Å²) in [7, 11) is -10.00. The fourth-order valence-corrected chi connectivity index (χ4v) is 11.2. The Morgan fingerprint density at radius 1 is 0.284 bits per heavy atom. The Balaban J connectivity index is 5.46. The summed E-state index contributed by atoms with van der Waals surface area (Å²) in [4.78, 5) is 72.9. The van der Waals surface area contributed by atoms with E-state index in [0.717, 1.165) is 180 Å². The van der Waals surface area contributed by atoms with Gasteiger partial charge in [0.1, 0.15) is 19.3 Å². The summed E-state index contributed by atoms with van der Waals surface area (Å²) in [6.45, 7) is 4.37. The first-order valence-corrected chi connectivity index (χ1v) is 41.7. The highest BCUT2D eigenvalue weighted by Gasteiger charge is 2.30. The summed E-state index contributed by atoms with van der Waals surface area (Å²) in [6.07, 6.45) is 85.2. The maximum absolute atomic E-state index is 13.1. The lowest BCUT2D eigenvalue weighted by atomic mass is 10.1. The second kappa shape index (κ2) is 74.0. The van der Waals surface area contributed by atoms with E-state index < -0.39 is 97.5 Å². The van der Waals surface area contributed by atoms with Crippen molar-refractivity contribution in [2.24, 2.45) is 0 Å². The van der Waals surface area contributed by atoms with Crippen molar-refractivity contribution in [1.82, 2.24) is 0 Å². The molecule has 0 radical (unpaired) electrons. The number of aliphatic hydroxyl groups excluding tert-OH is 1. The first-order chi connectivity index (χ1) is 49.7. The highest BCUT2D eigenvalue weighted by atomic mass is 31.2. The van der Waals surface area contributed by atoms with Gasteiger partial charge in [-0.3, -0.25) is 37.3 Å². The van der Waals surface area contributed by atoms with Gasteiger partial charge in [0, 0.05) is 25.7 Å². The summed E-state index contributed by atoms with van der Waals surface area (Å²) in [5, 5.41) is 10.6. The Morgan fingerprint density at radius 2 is 0.510 bits per heavy atom. The molecule has 0 aromatic rings. The second-order valence-corrected chi connectivity index (χ2v) is 28.1. The number of rotatable bonds is 71. The van der Waals surface area contributed by atoms with Gasteiger partial charge in [-0.1, -0.05) is 250 Å². The number of phosphoric ester groups is 2. The molecule has 0 aromatic carbocycles. The maximum Gasteiger partial charge on any atom is 0.472 e. The number of allylic oxidation sites excluding steroid dienone is 26. The van der Waals surface area contributed by atoms with E-state index in [9.17, 15) is 43.2 Å². The van der Waals surface area contributed by atoms with Crippen LogP contribution in [-0.4, -0.2) is 96.7 Å². The molecule has 17 nitrogen and oxygen atoms in total. The highest BCUT2D eigenvalue weighted by Crippen LogP contribution is 2.45. The van der Waals surface area contributed by atoms with E-state index in [-0.39, 0.29) is 25.7 Å². The minimum atomic E-state index is -5.00. The summed E-state index contributed by atoms with van der Waals surface area (Å²) < 4.78 is 68.4. The molecule has 3 N–H and O–H groups in total. The van der Waals surface area contributed by atoms with E-state index in [4.69, 9.17) is 37.0 Å². The highest BCUT2D eigenvalue weighted by molar-refractivity contribution is 7.47. The Morgan fingerprint density at radius 3 is 0.804 bits per heavy atom. The van der Waals surface area contributed by atoms with Crippen LogP contribution in [0.3, 0.4) is 0 Å². The van der Waals surface area contributed by atoms with Crippen LogP contribution in [0.2, 0.25) is 0 Å². The summed E-state index contributed by atoms with van der Waals surface area (Å²) >= 11 is 0. The molecule has 0 rings (SSSR count). The number of esters is 4. The third-order valence-corrected chi connectivity index (χ3v) is 17.4. The van der Waals surface area contributed by atoms with Crippen LogP contribution in [0.1, 0.15) is 285 Å². The molecule has 0 saturated heterocycles. The number of hydrogen-bond donors (Lipinski definition) is 3. The van der Waals surface area contributed by atoms with Crippen LogP contribution >= 0.6 is 15.6 Å². The molecule has 5 unspecified atom stereocenters. The number of carbonyl (C=O) groups is 4. The standard InChI is InChI=1S/C83H136O17P2/c1-5-9-13-17-21-25-29-33-37-38-42-44-48-52-56-60-64-68-81(86)94-74-79(100-83(88)70-66-62-58-54-50-46-41-36-32-28-24-20-16-12-8-4)76-98-102(91,92)96-72-77(84)71-95-101(89,90)97-75-78(99-82(87)69-65-61-57-53-49-45-40-35-31-27-23-19-15-11-7-3)73-93-80(85)67-63-59-55-51-47-43-39-34-30-26-22-18-14-10-6-2/h9-11,13-15,21-28,33-37,39-41,47,49,51,53,77-79,84H,5-8,12,16-20,29-32,38,42-46,48,50,52,54-76H2,1-4H3,(H,89,90)(H,91,92)/b13-9-,14-10-,15-11-,25-21-,26-22-,27-23-,28-24-,37-33-,39-34-,40-35-,41-36-,51-47-,53-49-. The molecule has 0 aliphatic rings. The molecule has 0 aromatic heterocycles. The number of unbranched alkanes of at least 4 members (excludes halogenated alkanes) is 19. The van der Waals surface area contributed by atoms with Gasteiger partial charge in [0.05, 0.1) is 26.4 Å². The number of phosphoric acid groups is 2. The van der Waals surface area contributed by atoms with Gasteiger partial charge in [0.2, 0.25) is 0 Å². The summed E-state index contributed by atoms with van der Waals surface area (Å²) in [5.41, 5.74) is 0. The van der Waals surface area contributed by atoms with Crippen molar-refractivity contribution in [3.63, 3.8) is 0 Å². The maximum atomic E-state index is 13.1. The predicted octanol–water partition coefficient (Wildman–Crippen LogP) is 22.4. The molecule has 0 aliphatic heterocycles. The first kappa shape index (κ1) is 96.7. The number of hydrogen-bond acceptors (Lipinski definition) is 15. The lowest BCUT2D eigenvalue weighted by molar-refractivity contribution is -0.161. The van der Waals surface area contributed by atoms with Crippen molar-refractivity contribution >= 4 is 39.5 Å². The molecular weight excluding hydrogens is 1330 g/mol. The summed E-state index contributed by atoms with van der Waals surface area (Å²) in [5.74, 6) is -2.31. The van der Waals surface area contributed by atoms with E-state index in [1.807, 2.05) is 0 Å².